The van der Waals surface area contributed by atoms with Crippen molar-refractivity contribution in [2.75, 3.05) is 26.3 Å². The summed E-state index contributed by atoms with van der Waals surface area (Å²) in [6.07, 6.45) is 4.42. The standard InChI is InChI=1S/C12H19NO3/c14-11(15)10(9-1-2-9)13-7-12(8-13)3-5-16-6-4-12/h9-10H,1-8H2,(H,14,15). The van der Waals surface area contributed by atoms with Crippen molar-refractivity contribution in [3.63, 3.8) is 0 Å². The van der Waals surface area contributed by atoms with Gasteiger partial charge in [0.05, 0.1) is 0 Å². The highest BCUT2D eigenvalue weighted by Gasteiger charge is 2.51. The summed E-state index contributed by atoms with van der Waals surface area (Å²) in [6.45, 7) is 3.66. The minimum Gasteiger partial charge on any atom is -0.480 e. The van der Waals surface area contributed by atoms with Gasteiger partial charge < -0.3 is 9.84 Å². The van der Waals surface area contributed by atoms with Gasteiger partial charge in [-0.1, -0.05) is 0 Å². The fourth-order valence-corrected chi connectivity index (χ4v) is 3.20. The van der Waals surface area contributed by atoms with E-state index in [0.29, 0.717) is 11.3 Å². The van der Waals surface area contributed by atoms with Gasteiger partial charge in [-0.3, -0.25) is 9.69 Å². The van der Waals surface area contributed by atoms with Crippen LogP contribution < -0.4 is 0 Å². The molecule has 2 saturated heterocycles. The molecule has 1 unspecified atom stereocenters. The van der Waals surface area contributed by atoms with Gasteiger partial charge in [0.1, 0.15) is 6.04 Å². The molecule has 3 aliphatic rings. The number of rotatable bonds is 3. The van der Waals surface area contributed by atoms with Crippen LogP contribution >= 0.6 is 0 Å². The van der Waals surface area contributed by atoms with E-state index in [2.05, 4.69) is 4.90 Å². The highest BCUT2D eigenvalue weighted by molar-refractivity contribution is 5.74. The largest absolute Gasteiger partial charge is 0.480 e. The molecule has 3 fully saturated rings. The smallest absolute Gasteiger partial charge is 0.321 e. The van der Waals surface area contributed by atoms with Gasteiger partial charge in [-0.15, -0.1) is 0 Å². The number of nitrogens with zero attached hydrogens (tertiary/aromatic N) is 1. The summed E-state index contributed by atoms with van der Waals surface area (Å²) in [4.78, 5) is 13.4. The fraction of sp³-hybridized carbons (Fsp3) is 0.917. The highest BCUT2D eigenvalue weighted by atomic mass is 16.5. The molecule has 0 amide bonds. The van der Waals surface area contributed by atoms with E-state index in [9.17, 15) is 9.90 Å². The molecule has 3 rings (SSSR count). The van der Waals surface area contributed by atoms with Gasteiger partial charge in [-0.2, -0.15) is 0 Å². The predicted molar refractivity (Wildman–Crippen MR) is 58.2 cm³/mol. The molecule has 4 nitrogen and oxygen atoms in total. The summed E-state index contributed by atoms with van der Waals surface area (Å²) in [7, 11) is 0. The SMILES string of the molecule is O=C(O)C(C1CC1)N1CC2(CCOCC2)C1. The quantitative estimate of drug-likeness (QED) is 0.777. The van der Waals surface area contributed by atoms with E-state index < -0.39 is 5.97 Å². The summed E-state index contributed by atoms with van der Waals surface area (Å²) in [5, 5.41) is 9.24. The van der Waals surface area contributed by atoms with Gasteiger partial charge >= 0.3 is 5.97 Å². The second kappa shape index (κ2) is 3.70. The molecule has 0 aromatic carbocycles. The lowest BCUT2D eigenvalue weighted by molar-refractivity contribution is -0.155. The van der Waals surface area contributed by atoms with E-state index in [1.807, 2.05) is 0 Å². The molecule has 4 heteroatoms. The van der Waals surface area contributed by atoms with Crippen molar-refractivity contribution in [2.45, 2.75) is 31.7 Å². The Morgan fingerprint density at radius 3 is 2.44 bits per heavy atom. The third kappa shape index (κ3) is 1.74. The van der Waals surface area contributed by atoms with Crippen LogP contribution in [0.4, 0.5) is 0 Å². The van der Waals surface area contributed by atoms with E-state index in [4.69, 9.17) is 4.74 Å². The first-order valence-corrected chi connectivity index (χ1v) is 6.25. The molecule has 0 bridgehead atoms. The number of aliphatic carboxylic acids is 1. The minimum atomic E-state index is -0.621. The van der Waals surface area contributed by atoms with Crippen LogP contribution in [0.2, 0.25) is 0 Å². The van der Waals surface area contributed by atoms with Crippen LogP contribution in [0.1, 0.15) is 25.7 Å². The van der Waals surface area contributed by atoms with Crippen LogP contribution in [0, 0.1) is 11.3 Å². The van der Waals surface area contributed by atoms with Gasteiger partial charge in [0, 0.05) is 31.7 Å². The summed E-state index contributed by atoms with van der Waals surface area (Å²) in [6, 6.07) is -0.200. The Bertz CT molecular complexity index is 287. The molecule has 1 spiro atoms. The maximum Gasteiger partial charge on any atom is 0.321 e. The highest BCUT2D eigenvalue weighted by Crippen LogP contribution is 2.45. The Balaban J connectivity index is 1.60. The lowest BCUT2D eigenvalue weighted by atomic mass is 9.72. The van der Waals surface area contributed by atoms with Crippen molar-refractivity contribution in [3.8, 4) is 0 Å². The molecule has 1 N–H and O–H groups in total. The maximum absolute atomic E-state index is 11.2. The van der Waals surface area contributed by atoms with Crippen LogP contribution in [0.5, 0.6) is 0 Å². The number of carbonyl (C=O) groups is 1. The Morgan fingerprint density at radius 1 is 1.31 bits per heavy atom. The summed E-state index contributed by atoms with van der Waals surface area (Å²) in [5.41, 5.74) is 0.390. The van der Waals surface area contributed by atoms with E-state index >= 15 is 0 Å². The first-order chi connectivity index (χ1) is 7.70. The van der Waals surface area contributed by atoms with Gasteiger partial charge in [0.2, 0.25) is 0 Å². The Kier molecular flexibility index (Phi) is 2.44. The van der Waals surface area contributed by atoms with Crippen molar-refractivity contribution < 1.29 is 14.6 Å². The van der Waals surface area contributed by atoms with Crippen LogP contribution in [-0.4, -0.2) is 48.3 Å². The number of hydrogen-bond donors (Lipinski definition) is 1. The van der Waals surface area contributed by atoms with Crippen LogP contribution in [0.3, 0.4) is 0 Å². The van der Waals surface area contributed by atoms with E-state index in [-0.39, 0.29) is 6.04 Å². The van der Waals surface area contributed by atoms with Gasteiger partial charge in [-0.05, 0) is 31.6 Å². The topological polar surface area (TPSA) is 49.8 Å². The monoisotopic (exact) mass is 225 g/mol. The Morgan fingerprint density at radius 2 is 1.94 bits per heavy atom. The van der Waals surface area contributed by atoms with Crippen molar-refractivity contribution in [1.82, 2.24) is 4.90 Å². The Hall–Kier alpha value is -0.610. The van der Waals surface area contributed by atoms with Crippen molar-refractivity contribution >= 4 is 5.97 Å². The molecule has 16 heavy (non-hydrogen) atoms. The number of carboxylic acid groups (broad SMARTS) is 1. The molecule has 0 aromatic rings. The van der Waals surface area contributed by atoms with Crippen molar-refractivity contribution in [2.24, 2.45) is 11.3 Å². The molecule has 0 radical (unpaired) electrons. The lowest BCUT2D eigenvalue weighted by Gasteiger charge is -2.54. The zero-order valence-corrected chi connectivity index (χ0v) is 9.52. The lowest BCUT2D eigenvalue weighted by Crippen LogP contribution is -2.63. The first-order valence-electron chi connectivity index (χ1n) is 6.25. The summed E-state index contributed by atoms with van der Waals surface area (Å²) < 4.78 is 5.37. The summed E-state index contributed by atoms with van der Waals surface area (Å²) >= 11 is 0. The van der Waals surface area contributed by atoms with Gasteiger partial charge in [0.15, 0.2) is 0 Å². The van der Waals surface area contributed by atoms with Crippen molar-refractivity contribution in [1.29, 1.82) is 0 Å². The normalized spacial score (nSPS) is 31.0. The fourth-order valence-electron chi connectivity index (χ4n) is 3.20. The van der Waals surface area contributed by atoms with E-state index in [1.54, 1.807) is 0 Å². The van der Waals surface area contributed by atoms with Crippen LogP contribution in [-0.2, 0) is 9.53 Å². The number of likely N-dealkylation sites (tertiary alicyclic amines) is 1. The second-order valence-electron chi connectivity index (χ2n) is 5.64. The van der Waals surface area contributed by atoms with Crippen LogP contribution in [0.25, 0.3) is 0 Å². The molecule has 2 heterocycles. The van der Waals surface area contributed by atoms with E-state index in [0.717, 1.165) is 52.0 Å². The minimum absolute atomic E-state index is 0.200. The average molecular weight is 225 g/mol. The van der Waals surface area contributed by atoms with Gasteiger partial charge in [0.25, 0.3) is 0 Å². The molecular weight excluding hydrogens is 206 g/mol. The van der Waals surface area contributed by atoms with Crippen molar-refractivity contribution in [3.05, 3.63) is 0 Å². The molecule has 0 aromatic heterocycles. The third-order valence-corrected chi connectivity index (χ3v) is 4.35. The Labute approximate surface area is 95.6 Å². The number of carboxylic acids is 1. The molecule has 90 valence electrons. The average Bonchev–Trinajstić information content (AvgIpc) is 3.01. The number of ether oxygens (including phenoxy) is 1. The molecule has 1 saturated carbocycles. The first kappa shape index (κ1) is 10.5. The zero-order chi connectivity index (χ0) is 11.2. The predicted octanol–water partition coefficient (Wildman–Crippen LogP) is 0.962. The number of hydrogen-bond acceptors (Lipinski definition) is 3. The molecule has 2 aliphatic heterocycles. The zero-order valence-electron chi connectivity index (χ0n) is 9.52. The third-order valence-electron chi connectivity index (χ3n) is 4.35. The molecular formula is C12H19NO3. The van der Waals surface area contributed by atoms with E-state index in [1.165, 1.54) is 0 Å². The molecule has 1 atom stereocenters. The van der Waals surface area contributed by atoms with Gasteiger partial charge in [-0.25, -0.2) is 0 Å². The maximum atomic E-state index is 11.2. The van der Waals surface area contributed by atoms with Crippen LogP contribution in [0.15, 0.2) is 0 Å². The second-order valence-corrected chi connectivity index (χ2v) is 5.64. The summed E-state index contributed by atoms with van der Waals surface area (Å²) in [5.74, 6) is -0.195. The molecule has 1 aliphatic carbocycles.